The lowest BCUT2D eigenvalue weighted by molar-refractivity contribution is -0.142. The number of esters is 1. The zero-order chi connectivity index (χ0) is 19.9. The highest BCUT2D eigenvalue weighted by atomic mass is 19.1. The summed E-state index contributed by atoms with van der Waals surface area (Å²) in [4.78, 5) is 22.2. The van der Waals surface area contributed by atoms with Crippen LogP contribution in [0.1, 0.15) is 32.3 Å². The second-order valence-electron chi connectivity index (χ2n) is 5.68. The van der Waals surface area contributed by atoms with Gasteiger partial charge in [-0.15, -0.1) is 6.42 Å². The average molecular weight is 365 g/mol. The Bertz CT molecular complexity index is 600. The van der Waals surface area contributed by atoms with Gasteiger partial charge in [-0.05, 0) is 43.0 Å². The van der Waals surface area contributed by atoms with Gasteiger partial charge in [0, 0.05) is 6.07 Å². The van der Waals surface area contributed by atoms with Gasteiger partial charge >= 0.3 is 5.97 Å². The quantitative estimate of drug-likeness (QED) is 0.457. The van der Waals surface area contributed by atoms with Crippen LogP contribution in [0, 0.1) is 36.8 Å². The Balaban J connectivity index is 0.000000577. The molecule has 0 saturated heterocycles. The maximum absolute atomic E-state index is 12.2. The molecule has 0 aliphatic rings. The Labute approximate surface area is 153 Å². The van der Waals surface area contributed by atoms with Crippen LogP contribution in [0.5, 0.6) is 0 Å². The Morgan fingerprint density at radius 3 is 2.42 bits per heavy atom. The highest BCUT2D eigenvalue weighted by Crippen LogP contribution is 2.06. The van der Waals surface area contributed by atoms with E-state index in [2.05, 4.69) is 29.8 Å². The lowest BCUT2D eigenvalue weighted by atomic mass is 10.1. The third-order valence-corrected chi connectivity index (χ3v) is 3.23. The number of carbonyl (C=O) groups excluding carboxylic acids is 2. The van der Waals surface area contributed by atoms with Crippen molar-refractivity contribution in [3.05, 3.63) is 47.5 Å². The fraction of sp³-hybridized carbons (Fsp3) is 0.400. The molecule has 1 rings (SSSR count). The molecule has 1 aromatic rings. The standard InChI is InChI=1S/C13H19NO3.C7H6F2/c1-4-9-17-13(16)10-14-12(15)8-6-7-11(3)5-2;1-5-2-6(8)4-7(9)3-5/h1,6,8,11H,5,7,9-10H2,2-3H3,(H,14,15);2-4H,1H3/b8-6+;. The number of terminal acetylenes is 1. The fourth-order valence-electron chi connectivity index (χ4n) is 1.66. The number of hydrogen-bond donors (Lipinski definition) is 1. The molecule has 0 heterocycles. The molecule has 0 aliphatic heterocycles. The van der Waals surface area contributed by atoms with Crippen molar-refractivity contribution >= 4 is 11.9 Å². The van der Waals surface area contributed by atoms with Gasteiger partial charge in [-0.25, -0.2) is 8.78 Å². The van der Waals surface area contributed by atoms with Gasteiger partial charge in [-0.2, -0.15) is 0 Å². The summed E-state index contributed by atoms with van der Waals surface area (Å²) in [7, 11) is 0. The van der Waals surface area contributed by atoms with Gasteiger partial charge in [0.15, 0.2) is 6.61 Å². The van der Waals surface area contributed by atoms with Crippen molar-refractivity contribution in [2.24, 2.45) is 5.92 Å². The zero-order valence-corrected chi connectivity index (χ0v) is 15.4. The molecule has 4 nitrogen and oxygen atoms in total. The maximum atomic E-state index is 12.2. The van der Waals surface area contributed by atoms with Crippen LogP contribution < -0.4 is 5.32 Å². The van der Waals surface area contributed by atoms with Crippen molar-refractivity contribution in [2.45, 2.75) is 33.6 Å². The number of halogens is 2. The van der Waals surface area contributed by atoms with E-state index < -0.39 is 17.6 Å². The number of nitrogens with one attached hydrogen (secondary N) is 1. The largest absolute Gasteiger partial charge is 0.451 e. The highest BCUT2D eigenvalue weighted by molar-refractivity contribution is 5.90. The second-order valence-corrected chi connectivity index (χ2v) is 5.68. The van der Waals surface area contributed by atoms with Crippen LogP contribution in [0.15, 0.2) is 30.4 Å². The van der Waals surface area contributed by atoms with E-state index in [0.717, 1.165) is 18.9 Å². The van der Waals surface area contributed by atoms with Crippen molar-refractivity contribution < 1.29 is 23.1 Å². The Morgan fingerprint density at radius 1 is 1.31 bits per heavy atom. The molecule has 0 bridgehead atoms. The van der Waals surface area contributed by atoms with Crippen LogP contribution in [0.2, 0.25) is 0 Å². The van der Waals surface area contributed by atoms with Crippen LogP contribution in [0.25, 0.3) is 0 Å². The molecule has 26 heavy (non-hydrogen) atoms. The molecule has 1 aromatic carbocycles. The van der Waals surface area contributed by atoms with Crippen molar-refractivity contribution in [3.8, 4) is 12.3 Å². The Kier molecular flexibility index (Phi) is 12.2. The number of amides is 1. The van der Waals surface area contributed by atoms with E-state index in [-0.39, 0.29) is 19.1 Å². The Hall–Kier alpha value is -2.68. The summed E-state index contributed by atoms with van der Waals surface area (Å²) in [5.41, 5.74) is 0.604. The molecule has 0 spiro atoms. The molecular weight excluding hydrogens is 340 g/mol. The summed E-state index contributed by atoms with van der Waals surface area (Å²) < 4.78 is 29.0. The topological polar surface area (TPSA) is 55.4 Å². The van der Waals surface area contributed by atoms with E-state index in [1.165, 1.54) is 18.2 Å². The van der Waals surface area contributed by atoms with Crippen LogP contribution in [0.4, 0.5) is 8.78 Å². The fourth-order valence-corrected chi connectivity index (χ4v) is 1.66. The number of rotatable bonds is 7. The second kappa shape index (κ2) is 13.6. The van der Waals surface area contributed by atoms with Gasteiger partial charge < -0.3 is 10.1 Å². The minimum absolute atomic E-state index is 0.0709. The van der Waals surface area contributed by atoms with E-state index in [0.29, 0.717) is 11.5 Å². The molecule has 1 amide bonds. The van der Waals surface area contributed by atoms with Crippen molar-refractivity contribution in [1.82, 2.24) is 5.32 Å². The first-order valence-electron chi connectivity index (χ1n) is 8.24. The SMILES string of the molecule is C#CCOC(=O)CNC(=O)/C=C/CC(C)CC.Cc1cc(F)cc(F)c1. The van der Waals surface area contributed by atoms with Crippen molar-refractivity contribution in [2.75, 3.05) is 13.2 Å². The first-order valence-corrected chi connectivity index (χ1v) is 8.24. The summed E-state index contributed by atoms with van der Waals surface area (Å²) in [5, 5.41) is 2.41. The summed E-state index contributed by atoms with van der Waals surface area (Å²) in [6, 6.07) is 3.42. The molecule has 0 aliphatic carbocycles. The molecule has 142 valence electrons. The molecule has 0 aromatic heterocycles. The highest BCUT2D eigenvalue weighted by Gasteiger charge is 2.03. The van der Waals surface area contributed by atoms with Gasteiger partial charge in [0.25, 0.3) is 0 Å². The molecule has 6 heteroatoms. The summed E-state index contributed by atoms with van der Waals surface area (Å²) in [6.07, 6.45) is 10.1. The molecule has 0 saturated carbocycles. The number of hydrogen-bond acceptors (Lipinski definition) is 3. The smallest absolute Gasteiger partial charge is 0.326 e. The van der Waals surface area contributed by atoms with Crippen molar-refractivity contribution in [3.63, 3.8) is 0 Å². The number of ether oxygens (including phenoxy) is 1. The third kappa shape index (κ3) is 12.7. The van der Waals surface area contributed by atoms with Crippen LogP contribution in [0.3, 0.4) is 0 Å². The molecule has 0 fully saturated rings. The minimum Gasteiger partial charge on any atom is -0.451 e. The van der Waals surface area contributed by atoms with Gasteiger partial charge in [0.05, 0.1) is 0 Å². The number of carbonyl (C=O) groups is 2. The van der Waals surface area contributed by atoms with E-state index in [9.17, 15) is 18.4 Å². The zero-order valence-electron chi connectivity index (χ0n) is 15.4. The first kappa shape index (κ1) is 23.3. The Morgan fingerprint density at radius 2 is 1.92 bits per heavy atom. The molecule has 1 unspecified atom stereocenters. The van der Waals surface area contributed by atoms with Gasteiger partial charge in [-0.1, -0.05) is 32.3 Å². The number of benzene rings is 1. The molecular formula is C20H25F2NO3. The normalized spacial score (nSPS) is 11.1. The first-order chi connectivity index (χ1) is 12.3. The maximum Gasteiger partial charge on any atom is 0.326 e. The van der Waals surface area contributed by atoms with Gasteiger partial charge in [0.2, 0.25) is 5.91 Å². The third-order valence-electron chi connectivity index (χ3n) is 3.23. The average Bonchev–Trinajstić information content (AvgIpc) is 2.57. The van der Waals surface area contributed by atoms with Crippen molar-refractivity contribution in [1.29, 1.82) is 0 Å². The van der Waals surface area contributed by atoms with E-state index in [1.54, 1.807) is 13.0 Å². The molecule has 0 radical (unpaired) electrons. The molecule has 1 N–H and O–H groups in total. The van der Waals surface area contributed by atoms with Crippen LogP contribution >= 0.6 is 0 Å². The summed E-state index contributed by atoms with van der Waals surface area (Å²) >= 11 is 0. The van der Waals surface area contributed by atoms with E-state index >= 15 is 0 Å². The lowest BCUT2D eigenvalue weighted by Gasteiger charge is -2.03. The minimum atomic E-state index is -0.536. The van der Waals surface area contributed by atoms with Crippen LogP contribution in [-0.2, 0) is 14.3 Å². The van der Waals surface area contributed by atoms with Gasteiger partial charge in [-0.3, -0.25) is 9.59 Å². The molecule has 1 atom stereocenters. The van der Waals surface area contributed by atoms with E-state index in [4.69, 9.17) is 6.42 Å². The lowest BCUT2D eigenvalue weighted by Crippen LogP contribution is -2.29. The predicted molar refractivity (Wildman–Crippen MR) is 97.1 cm³/mol. The van der Waals surface area contributed by atoms with Crippen LogP contribution in [-0.4, -0.2) is 25.0 Å². The predicted octanol–water partition coefficient (Wildman–Crippen LogP) is 3.54. The van der Waals surface area contributed by atoms with Gasteiger partial charge in [0.1, 0.15) is 18.2 Å². The monoisotopic (exact) mass is 365 g/mol. The number of aryl methyl sites for hydroxylation is 1. The van der Waals surface area contributed by atoms with E-state index in [1.807, 2.05) is 0 Å². The number of allylic oxidation sites excluding steroid dienone is 1. The summed E-state index contributed by atoms with van der Waals surface area (Å²) in [6.45, 7) is 5.62. The summed E-state index contributed by atoms with van der Waals surface area (Å²) in [5.74, 6) is 0.848.